The highest BCUT2D eigenvalue weighted by Crippen LogP contribution is 2.14. The van der Waals surface area contributed by atoms with Gasteiger partial charge in [-0.15, -0.1) is 0 Å². The maximum Gasteiger partial charge on any atom is 0.256 e. The van der Waals surface area contributed by atoms with E-state index in [2.05, 4.69) is 20.1 Å². The van der Waals surface area contributed by atoms with Crippen LogP contribution in [0.2, 0.25) is 5.28 Å². The zero-order chi connectivity index (χ0) is 14.7. The van der Waals surface area contributed by atoms with Crippen LogP contribution in [-0.2, 0) is 6.54 Å². The molecule has 0 aliphatic heterocycles. The molecule has 0 atom stereocenters. The number of benzene rings is 1. The van der Waals surface area contributed by atoms with E-state index in [1.165, 1.54) is 0 Å². The smallest absolute Gasteiger partial charge is 0.256 e. The molecule has 21 heavy (non-hydrogen) atoms. The molecular weight excluding hydrogens is 288 g/mol. The van der Waals surface area contributed by atoms with Crippen LogP contribution in [0.25, 0.3) is 5.95 Å². The first-order valence-corrected chi connectivity index (χ1v) is 6.77. The number of hydrogen-bond acceptors (Lipinski definition) is 5. The summed E-state index contributed by atoms with van der Waals surface area (Å²) in [5, 5.41) is 4.24. The topological polar surface area (TPSA) is 59.7 Å². The molecule has 0 spiro atoms. The molecule has 3 rings (SSSR count). The second-order valence-corrected chi connectivity index (χ2v) is 4.83. The van der Waals surface area contributed by atoms with Gasteiger partial charge in [0.15, 0.2) is 0 Å². The summed E-state index contributed by atoms with van der Waals surface area (Å²) in [4.78, 5) is 14.6. The van der Waals surface area contributed by atoms with E-state index in [1.807, 2.05) is 42.3 Å². The van der Waals surface area contributed by atoms with Crippen LogP contribution in [0.3, 0.4) is 0 Å². The van der Waals surface area contributed by atoms with Crippen molar-refractivity contribution >= 4 is 17.5 Å². The predicted octanol–water partition coefficient (Wildman–Crippen LogP) is 2.35. The Morgan fingerprint density at radius 2 is 1.90 bits per heavy atom. The van der Waals surface area contributed by atoms with Crippen LogP contribution in [0.15, 0.2) is 48.8 Å². The van der Waals surface area contributed by atoms with E-state index < -0.39 is 0 Å². The summed E-state index contributed by atoms with van der Waals surface area (Å²) < 4.78 is 1.55. The molecule has 0 saturated heterocycles. The fourth-order valence-corrected chi connectivity index (χ4v) is 2.07. The van der Waals surface area contributed by atoms with E-state index in [0.29, 0.717) is 18.4 Å². The van der Waals surface area contributed by atoms with E-state index in [4.69, 9.17) is 11.6 Å². The van der Waals surface area contributed by atoms with Gasteiger partial charge >= 0.3 is 0 Å². The molecule has 6 nitrogen and oxygen atoms in total. The SMILES string of the molecule is CN(Cc1ccccc1)c1nc(Cl)nc(-n2cccn2)n1. The molecule has 1 aromatic carbocycles. The molecule has 0 unspecified atom stereocenters. The standard InChI is InChI=1S/C14H13ClN6/c1-20(10-11-6-3-2-4-7-11)13-17-12(15)18-14(19-13)21-9-5-8-16-21/h2-9H,10H2,1H3. The lowest BCUT2D eigenvalue weighted by Crippen LogP contribution is -2.20. The number of halogens is 1. The van der Waals surface area contributed by atoms with Gasteiger partial charge in [-0.1, -0.05) is 30.3 Å². The third-order valence-corrected chi connectivity index (χ3v) is 3.07. The van der Waals surface area contributed by atoms with Crippen LogP contribution in [0.4, 0.5) is 5.95 Å². The highest BCUT2D eigenvalue weighted by molar-refractivity contribution is 6.28. The summed E-state index contributed by atoms with van der Waals surface area (Å²) in [5.74, 6) is 0.902. The second kappa shape index (κ2) is 5.88. The molecule has 3 aromatic rings. The van der Waals surface area contributed by atoms with Crippen LogP contribution >= 0.6 is 11.6 Å². The summed E-state index contributed by atoms with van der Waals surface area (Å²) in [7, 11) is 1.91. The Morgan fingerprint density at radius 3 is 2.62 bits per heavy atom. The third kappa shape index (κ3) is 3.17. The van der Waals surface area contributed by atoms with Crippen molar-refractivity contribution in [1.29, 1.82) is 0 Å². The average Bonchev–Trinajstić information content (AvgIpc) is 3.02. The van der Waals surface area contributed by atoms with E-state index in [1.54, 1.807) is 23.1 Å². The summed E-state index contributed by atoms with van der Waals surface area (Å²) in [6.07, 6.45) is 3.41. The lowest BCUT2D eigenvalue weighted by Gasteiger charge is -2.17. The van der Waals surface area contributed by atoms with Crippen LogP contribution in [-0.4, -0.2) is 31.8 Å². The third-order valence-electron chi connectivity index (χ3n) is 2.90. The van der Waals surface area contributed by atoms with E-state index in [-0.39, 0.29) is 5.28 Å². The Bertz CT molecular complexity index is 714. The molecule has 2 aromatic heterocycles. The van der Waals surface area contributed by atoms with Crippen molar-refractivity contribution in [3.05, 3.63) is 59.6 Å². The van der Waals surface area contributed by atoms with Crippen LogP contribution in [0.1, 0.15) is 5.56 Å². The molecule has 0 bridgehead atoms. The molecule has 106 valence electrons. The Balaban J connectivity index is 1.88. The average molecular weight is 301 g/mol. The lowest BCUT2D eigenvalue weighted by molar-refractivity contribution is 0.773. The molecular formula is C14H13ClN6. The van der Waals surface area contributed by atoms with Crippen molar-refractivity contribution in [3.63, 3.8) is 0 Å². The number of nitrogens with zero attached hydrogens (tertiary/aromatic N) is 6. The van der Waals surface area contributed by atoms with Crippen LogP contribution in [0.5, 0.6) is 0 Å². The van der Waals surface area contributed by atoms with Gasteiger partial charge in [-0.05, 0) is 23.2 Å². The lowest BCUT2D eigenvalue weighted by atomic mass is 10.2. The second-order valence-electron chi connectivity index (χ2n) is 4.50. The van der Waals surface area contributed by atoms with Gasteiger partial charge < -0.3 is 4.90 Å². The monoisotopic (exact) mass is 300 g/mol. The minimum absolute atomic E-state index is 0.144. The molecule has 0 amide bonds. The Kier molecular flexibility index (Phi) is 3.79. The molecule has 0 aliphatic rings. The van der Waals surface area contributed by atoms with Crippen molar-refractivity contribution in [2.45, 2.75) is 6.54 Å². The van der Waals surface area contributed by atoms with Gasteiger partial charge in [0, 0.05) is 26.0 Å². The number of rotatable bonds is 4. The fourth-order valence-electron chi connectivity index (χ4n) is 1.92. The van der Waals surface area contributed by atoms with Gasteiger partial charge in [0.25, 0.3) is 5.95 Å². The maximum atomic E-state index is 5.98. The largest absolute Gasteiger partial charge is 0.339 e. The number of aromatic nitrogens is 5. The van der Waals surface area contributed by atoms with E-state index >= 15 is 0 Å². The molecule has 0 N–H and O–H groups in total. The summed E-state index contributed by atoms with van der Waals surface area (Å²) in [6.45, 7) is 0.680. The highest BCUT2D eigenvalue weighted by atomic mass is 35.5. The first-order chi connectivity index (χ1) is 10.2. The normalized spacial score (nSPS) is 10.6. The Hall–Kier alpha value is -2.47. The van der Waals surface area contributed by atoms with Gasteiger partial charge in [0.1, 0.15) is 0 Å². The summed E-state index contributed by atoms with van der Waals surface area (Å²) >= 11 is 5.98. The molecule has 0 aliphatic carbocycles. The van der Waals surface area contributed by atoms with Crippen molar-refractivity contribution < 1.29 is 0 Å². The predicted molar refractivity (Wildman–Crippen MR) is 80.5 cm³/mol. The van der Waals surface area contributed by atoms with Gasteiger partial charge in [0.2, 0.25) is 11.2 Å². The van der Waals surface area contributed by atoms with Crippen molar-refractivity contribution in [3.8, 4) is 5.95 Å². The molecule has 0 fully saturated rings. The van der Waals surface area contributed by atoms with Crippen molar-refractivity contribution in [2.75, 3.05) is 11.9 Å². The molecule has 2 heterocycles. The molecule has 7 heteroatoms. The number of anilines is 1. The minimum atomic E-state index is 0.144. The first kappa shape index (κ1) is 13.5. The first-order valence-electron chi connectivity index (χ1n) is 6.39. The highest BCUT2D eigenvalue weighted by Gasteiger charge is 2.11. The minimum Gasteiger partial charge on any atom is -0.339 e. The van der Waals surface area contributed by atoms with Gasteiger partial charge in [-0.25, -0.2) is 4.68 Å². The van der Waals surface area contributed by atoms with Crippen LogP contribution < -0.4 is 4.90 Å². The summed E-state index contributed by atoms with van der Waals surface area (Å²) in [6, 6.07) is 11.9. The molecule has 0 radical (unpaired) electrons. The quantitative estimate of drug-likeness (QED) is 0.740. The Morgan fingerprint density at radius 1 is 1.10 bits per heavy atom. The van der Waals surface area contributed by atoms with E-state index in [0.717, 1.165) is 5.56 Å². The van der Waals surface area contributed by atoms with E-state index in [9.17, 15) is 0 Å². The maximum absolute atomic E-state index is 5.98. The van der Waals surface area contributed by atoms with Gasteiger partial charge in [-0.2, -0.15) is 20.1 Å². The van der Waals surface area contributed by atoms with Gasteiger partial charge in [-0.3, -0.25) is 0 Å². The summed E-state index contributed by atoms with van der Waals surface area (Å²) in [5.41, 5.74) is 1.16. The van der Waals surface area contributed by atoms with Crippen molar-refractivity contribution in [1.82, 2.24) is 24.7 Å². The fraction of sp³-hybridized carbons (Fsp3) is 0.143. The zero-order valence-electron chi connectivity index (χ0n) is 11.4. The number of hydrogen-bond donors (Lipinski definition) is 0. The van der Waals surface area contributed by atoms with Gasteiger partial charge in [0.05, 0.1) is 0 Å². The zero-order valence-corrected chi connectivity index (χ0v) is 12.1. The van der Waals surface area contributed by atoms with Crippen LogP contribution in [0, 0.1) is 0 Å². The van der Waals surface area contributed by atoms with Crippen molar-refractivity contribution in [2.24, 2.45) is 0 Å². The Labute approximate surface area is 127 Å². The molecule has 0 saturated carbocycles.